The summed E-state index contributed by atoms with van der Waals surface area (Å²) in [5.41, 5.74) is 0. The second kappa shape index (κ2) is 2.14. The van der Waals surface area contributed by atoms with Crippen molar-refractivity contribution in [2.75, 3.05) is 0 Å². The molecule has 86 valence electrons. The van der Waals surface area contributed by atoms with Crippen LogP contribution in [0.1, 0.15) is 20.3 Å². The molecule has 3 heterocycles. The molecular weight excluding hydrogens is 212 g/mol. The van der Waals surface area contributed by atoms with Crippen molar-refractivity contribution in [2.24, 2.45) is 23.7 Å². The predicted molar refractivity (Wildman–Crippen MR) is 48.7 cm³/mol. The van der Waals surface area contributed by atoms with E-state index in [9.17, 15) is 9.59 Å². The lowest BCUT2D eigenvalue weighted by Gasteiger charge is -2.26. The van der Waals surface area contributed by atoms with Gasteiger partial charge in [0.05, 0.1) is 11.8 Å². The van der Waals surface area contributed by atoms with E-state index in [1.165, 1.54) is 0 Å². The maximum atomic E-state index is 11.7. The van der Waals surface area contributed by atoms with Crippen LogP contribution < -0.4 is 0 Å². The fourth-order valence-electron chi connectivity index (χ4n) is 4.20. The van der Waals surface area contributed by atoms with Gasteiger partial charge in [0.15, 0.2) is 0 Å². The van der Waals surface area contributed by atoms with Crippen LogP contribution in [0.2, 0.25) is 0 Å². The van der Waals surface area contributed by atoms with Gasteiger partial charge in [0.25, 0.3) is 0 Å². The van der Waals surface area contributed by atoms with Gasteiger partial charge in [0.2, 0.25) is 11.6 Å². The minimum absolute atomic E-state index is 0.0264. The van der Waals surface area contributed by atoms with Crippen molar-refractivity contribution in [3.05, 3.63) is 0 Å². The first-order chi connectivity index (χ1) is 7.45. The third kappa shape index (κ3) is 0.705. The lowest BCUT2D eigenvalue weighted by Crippen LogP contribution is -2.35. The van der Waals surface area contributed by atoms with Crippen molar-refractivity contribution in [1.82, 2.24) is 0 Å². The van der Waals surface area contributed by atoms with E-state index in [-0.39, 0.29) is 35.6 Å². The van der Waals surface area contributed by atoms with Gasteiger partial charge >= 0.3 is 11.9 Å². The van der Waals surface area contributed by atoms with Gasteiger partial charge in [0.1, 0.15) is 0 Å². The third-order valence-electron chi connectivity index (χ3n) is 4.59. The first kappa shape index (κ1) is 8.98. The summed E-state index contributed by atoms with van der Waals surface area (Å²) in [5.74, 6) is -2.66. The Morgan fingerprint density at radius 3 is 1.88 bits per heavy atom. The zero-order valence-corrected chi connectivity index (χ0v) is 9.06. The van der Waals surface area contributed by atoms with Crippen molar-refractivity contribution >= 4 is 11.9 Å². The smallest absolute Gasteiger partial charge is 0.312 e. The van der Waals surface area contributed by atoms with Crippen LogP contribution in [0.15, 0.2) is 0 Å². The minimum Gasteiger partial charge on any atom is -0.433 e. The van der Waals surface area contributed by atoms with Crippen LogP contribution >= 0.6 is 0 Å². The average Bonchev–Trinajstić information content (AvgIpc) is 2.74. The molecule has 0 bridgehead atoms. The molecule has 0 N–H and O–H groups in total. The Kier molecular flexibility index (Phi) is 1.20. The van der Waals surface area contributed by atoms with E-state index in [1.54, 1.807) is 13.8 Å². The van der Waals surface area contributed by atoms with Crippen LogP contribution in [0.25, 0.3) is 0 Å². The first-order valence-corrected chi connectivity index (χ1v) is 5.60. The summed E-state index contributed by atoms with van der Waals surface area (Å²) in [4.78, 5) is 23.4. The Labute approximate surface area is 92.0 Å². The van der Waals surface area contributed by atoms with Gasteiger partial charge < -0.3 is 9.47 Å². The molecule has 16 heavy (non-hydrogen) atoms. The monoisotopic (exact) mass is 224 g/mol. The Morgan fingerprint density at radius 2 is 1.44 bits per heavy atom. The van der Waals surface area contributed by atoms with Gasteiger partial charge in [-0.1, -0.05) is 0 Å². The summed E-state index contributed by atoms with van der Waals surface area (Å²) in [7, 11) is 0. The molecule has 0 aromatic rings. The lowest BCUT2D eigenvalue weighted by molar-refractivity contribution is -0.280. The Bertz CT molecular complexity index is 394. The van der Waals surface area contributed by atoms with Crippen molar-refractivity contribution in [1.29, 1.82) is 0 Å². The van der Waals surface area contributed by atoms with E-state index < -0.39 is 11.6 Å². The minimum atomic E-state index is -0.892. The lowest BCUT2D eigenvalue weighted by atomic mass is 9.83. The van der Waals surface area contributed by atoms with Crippen LogP contribution in [-0.4, -0.2) is 23.5 Å². The maximum Gasteiger partial charge on any atom is 0.312 e. The van der Waals surface area contributed by atoms with E-state index in [1.807, 2.05) is 0 Å². The molecule has 3 aliphatic heterocycles. The van der Waals surface area contributed by atoms with Crippen LogP contribution in [0.4, 0.5) is 0 Å². The molecule has 0 unspecified atom stereocenters. The molecule has 0 aromatic heterocycles. The summed E-state index contributed by atoms with van der Waals surface area (Å²) in [6.45, 7) is 3.55. The van der Waals surface area contributed by atoms with E-state index in [0.29, 0.717) is 6.42 Å². The number of rotatable bonds is 0. The molecule has 0 aromatic carbocycles. The Hall–Kier alpha value is -1.10. The fourth-order valence-corrected chi connectivity index (χ4v) is 4.20. The highest BCUT2D eigenvalue weighted by Crippen LogP contribution is 2.66. The van der Waals surface area contributed by atoms with E-state index >= 15 is 0 Å². The highest BCUT2D eigenvalue weighted by atomic mass is 16.8. The number of hydrogen-bond donors (Lipinski definition) is 0. The molecule has 5 heteroatoms. The molecule has 1 aliphatic carbocycles. The van der Waals surface area contributed by atoms with Gasteiger partial charge in [-0.05, 0) is 6.42 Å². The summed E-state index contributed by atoms with van der Waals surface area (Å²) in [6.07, 6.45) is 0.557. The first-order valence-electron chi connectivity index (χ1n) is 5.60. The molecular formula is C11H12O5. The zero-order valence-electron chi connectivity index (χ0n) is 9.06. The SMILES string of the molecule is C[C@@]12OC(=O)[C@H]3C[C@H]4C(=O)O[C@@](C)(O1)[C@H]4[C@H]32. The zero-order chi connectivity index (χ0) is 11.3. The largest absolute Gasteiger partial charge is 0.433 e. The molecule has 6 atom stereocenters. The number of ether oxygens (including phenoxy) is 3. The van der Waals surface area contributed by atoms with Crippen molar-refractivity contribution < 1.29 is 23.8 Å². The molecule has 5 nitrogen and oxygen atoms in total. The van der Waals surface area contributed by atoms with E-state index in [0.717, 1.165) is 0 Å². The van der Waals surface area contributed by atoms with Crippen molar-refractivity contribution in [2.45, 2.75) is 31.8 Å². The van der Waals surface area contributed by atoms with Crippen LogP contribution in [0.3, 0.4) is 0 Å². The molecule has 4 rings (SSSR count). The molecule has 4 fully saturated rings. The van der Waals surface area contributed by atoms with Crippen LogP contribution in [0, 0.1) is 23.7 Å². The highest BCUT2D eigenvalue weighted by Gasteiger charge is 2.78. The van der Waals surface area contributed by atoms with E-state index in [2.05, 4.69) is 0 Å². The number of carbonyl (C=O) groups is 2. The summed E-state index contributed by atoms with van der Waals surface area (Å²) in [6, 6.07) is 0. The van der Waals surface area contributed by atoms with Gasteiger partial charge in [-0.2, -0.15) is 0 Å². The molecule has 3 saturated heterocycles. The molecule has 4 aliphatic rings. The molecule has 0 amide bonds. The van der Waals surface area contributed by atoms with Crippen molar-refractivity contribution in [3.8, 4) is 0 Å². The average molecular weight is 224 g/mol. The Balaban J connectivity index is 1.90. The number of carbonyl (C=O) groups excluding carboxylic acids is 2. The summed E-state index contributed by atoms with van der Waals surface area (Å²) < 4.78 is 16.4. The fraction of sp³-hybridized carbons (Fsp3) is 0.818. The van der Waals surface area contributed by atoms with Gasteiger partial charge in [0, 0.05) is 25.7 Å². The standard InChI is InChI=1S/C11H12O5/c1-10-6-4(8(12)14-10)3-5-7(6)11(2,16-10)15-9(5)13/h4-7H,3H2,1-2H3/t4-,5+,6-,7+,10+,11-. The third-order valence-corrected chi connectivity index (χ3v) is 4.59. The number of hydrogen-bond acceptors (Lipinski definition) is 5. The van der Waals surface area contributed by atoms with Crippen LogP contribution in [-0.2, 0) is 23.8 Å². The predicted octanol–water partition coefficient (Wildman–Crippen LogP) is 0.431. The summed E-state index contributed by atoms with van der Waals surface area (Å²) >= 11 is 0. The van der Waals surface area contributed by atoms with Crippen LogP contribution in [0.5, 0.6) is 0 Å². The molecule has 0 spiro atoms. The maximum absolute atomic E-state index is 11.7. The topological polar surface area (TPSA) is 61.8 Å². The Morgan fingerprint density at radius 1 is 1.00 bits per heavy atom. The molecule has 0 radical (unpaired) electrons. The summed E-state index contributed by atoms with van der Waals surface area (Å²) in [5, 5.41) is 0. The van der Waals surface area contributed by atoms with E-state index in [4.69, 9.17) is 14.2 Å². The second-order valence-corrected chi connectivity index (χ2v) is 5.48. The quantitative estimate of drug-likeness (QED) is 0.558. The van der Waals surface area contributed by atoms with Gasteiger partial charge in [-0.3, -0.25) is 14.3 Å². The normalized spacial score (nSPS) is 61.1. The highest BCUT2D eigenvalue weighted by molar-refractivity contribution is 5.83. The van der Waals surface area contributed by atoms with Gasteiger partial charge in [-0.15, -0.1) is 0 Å². The van der Waals surface area contributed by atoms with Crippen molar-refractivity contribution in [3.63, 3.8) is 0 Å². The molecule has 1 saturated carbocycles. The number of esters is 2. The second-order valence-electron chi connectivity index (χ2n) is 5.48. The van der Waals surface area contributed by atoms with Gasteiger partial charge in [-0.25, -0.2) is 0 Å².